The molecule has 5 nitrogen and oxygen atoms in total. The van der Waals surface area contributed by atoms with Gasteiger partial charge in [-0.25, -0.2) is 9.97 Å². The first-order valence-corrected chi connectivity index (χ1v) is 6.56. The number of aromatic nitrogens is 3. The van der Waals surface area contributed by atoms with Gasteiger partial charge in [0, 0.05) is 18.8 Å². The van der Waals surface area contributed by atoms with Crippen LogP contribution in [0, 0.1) is 6.92 Å². The van der Waals surface area contributed by atoms with Crippen molar-refractivity contribution in [3.63, 3.8) is 0 Å². The minimum absolute atomic E-state index is 0.572. The number of fused-ring (bicyclic) bond motifs is 1. The topological polar surface area (TPSA) is 60.0 Å². The molecule has 1 fully saturated rings. The molecule has 0 saturated carbocycles. The standard InChI is InChI=1S/C13H19N5/c1-10-4-5-11-12(15-10)18(13(14)16-11)9-8-17-6-2-3-7-17/h4-5H,2-3,6-9H2,1H3,(H2,14,16). The van der Waals surface area contributed by atoms with Gasteiger partial charge in [-0.2, -0.15) is 0 Å². The quantitative estimate of drug-likeness (QED) is 0.888. The van der Waals surface area contributed by atoms with E-state index < -0.39 is 0 Å². The summed E-state index contributed by atoms with van der Waals surface area (Å²) in [7, 11) is 0. The molecule has 0 spiro atoms. The number of anilines is 1. The van der Waals surface area contributed by atoms with Crippen LogP contribution >= 0.6 is 0 Å². The largest absolute Gasteiger partial charge is 0.369 e. The van der Waals surface area contributed by atoms with E-state index in [-0.39, 0.29) is 0 Å². The summed E-state index contributed by atoms with van der Waals surface area (Å²) in [5.74, 6) is 0.572. The molecular weight excluding hydrogens is 226 g/mol. The van der Waals surface area contributed by atoms with Gasteiger partial charge in [-0.1, -0.05) is 0 Å². The maximum Gasteiger partial charge on any atom is 0.202 e. The molecular formula is C13H19N5. The first-order valence-electron chi connectivity index (χ1n) is 6.56. The van der Waals surface area contributed by atoms with Gasteiger partial charge in [-0.3, -0.25) is 4.57 Å². The van der Waals surface area contributed by atoms with E-state index in [1.165, 1.54) is 25.9 Å². The molecule has 0 aromatic carbocycles. The molecule has 5 heteroatoms. The second kappa shape index (κ2) is 4.57. The molecule has 2 N–H and O–H groups in total. The van der Waals surface area contributed by atoms with Crippen LogP contribution in [0.3, 0.4) is 0 Å². The van der Waals surface area contributed by atoms with Crippen molar-refractivity contribution in [1.82, 2.24) is 19.4 Å². The molecule has 0 amide bonds. The van der Waals surface area contributed by atoms with Gasteiger partial charge >= 0.3 is 0 Å². The normalized spacial score (nSPS) is 16.7. The summed E-state index contributed by atoms with van der Waals surface area (Å²) in [6.45, 7) is 6.31. The van der Waals surface area contributed by atoms with Crippen LogP contribution in [-0.4, -0.2) is 39.1 Å². The summed E-state index contributed by atoms with van der Waals surface area (Å²) in [5, 5.41) is 0. The molecule has 0 bridgehead atoms. The van der Waals surface area contributed by atoms with E-state index >= 15 is 0 Å². The van der Waals surface area contributed by atoms with Gasteiger partial charge in [0.25, 0.3) is 0 Å². The molecule has 18 heavy (non-hydrogen) atoms. The highest BCUT2D eigenvalue weighted by Gasteiger charge is 2.14. The third-order valence-electron chi connectivity index (χ3n) is 3.60. The summed E-state index contributed by atoms with van der Waals surface area (Å²) >= 11 is 0. The van der Waals surface area contributed by atoms with E-state index in [0.717, 1.165) is 29.9 Å². The highest BCUT2D eigenvalue weighted by atomic mass is 15.2. The molecule has 1 saturated heterocycles. The van der Waals surface area contributed by atoms with Crippen molar-refractivity contribution >= 4 is 17.1 Å². The minimum Gasteiger partial charge on any atom is -0.369 e. The van der Waals surface area contributed by atoms with Crippen LogP contribution in [0.2, 0.25) is 0 Å². The number of rotatable bonds is 3. The van der Waals surface area contributed by atoms with Gasteiger partial charge in [0.05, 0.1) is 0 Å². The van der Waals surface area contributed by atoms with Crippen LogP contribution in [0.25, 0.3) is 11.2 Å². The molecule has 2 aromatic heterocycles. The van der Waals surface area contributed by atoms with Crippen molar-refractivity contribution in [3.8, 4) is 0 Å². The van der Waals surface area contributed by atoms with Crippen molar-refractivity contribution < 1.29 is 0 Å². The van der Waals surface area contributed by atoms with Crippen LogP contribution in [-0.2, 0) is 6.54 Å². The monoisotopic (exact) mass is 245 g/mol. The summed E-state index contributed by atoms with van der Waals surface area (Å²) in [6, 6.07) is 3.96. The lowest BCUT2D eigenvalue weighted by atomic mass is 10.3. The summed E-state index contributed by atoms with van der Waals surface area (Å²) < 4.78 is 2.03. The van der Waals surface area contributed by atoms with E-state index in [0.29, 0.717) is 5.95 Å². The SMILES string of the molecule is Cc1ccc2nc(N)n(CCN3CCCC3)c2n1. The van der Waals surface area contributed by atoms with E-state index in [1.54, 1.807) is 0 Å². The molecule has 1 aliphatic heterocycles. The van der Waals surface area contributed by atoms with Crippen LogP contribution in [0.4, 0.5) is 5.95 Å². The minimum atomic E-state index is 0.572. The second-order valence-corrected chi connectivity index (χ2v) is 4.97. The molecule has 3 heterocycles. The summed E-state index contributed by atoms with van der Waals surface area (Å²) in [4.78, 5) is 11.4. The Labute approximate surface area is 107 Å². The first kappa shape index (κ1) is 11.5. The number of nitrogens with zero attached hydrogens (tertiary/aromatic N) is 4. The van der Waals surface area contributed by atoms with Gasteiger partial charge in [0.1, 0.15) is 5.52 Å². The van der Waals surface area contributed by atoms with E-state index in [2.05, 4.69) is 14.9 Å². The Morgan fingerprint density at radius 1 is 1.17 bits per heavy atom. The Morgan fingerprint density at radius 2 is 1.94 bits per heavy atom. The number of pyridine rings is 1. The van der Waals surface area contributed by atoms with Crippen molar-refractivity contribution in [2.75, 3.05) is 25.4 Å². The van der Waals surface area contributed by atoms with Gasteiger partial charge in [-0.05, 0) is 45.0 Å². The predicted octanol–water partition coefficient (Wildman–Crippen LogP) is 1.42. The number of nitrogen functional groups attached to an aromatic ring is 1. The fourth-order valence-corrected chi connectivity index (χ4v) is 2.58. The van der Waals surface area contributed by atoms with Gasteiger partial charge in [0.15, 0.2) is 5.65 Å². The summed E-state index contributed by atoms with van der Waals surface area (Å²) in [5.41, 5.74) is 8.78. The van der Waals surface area contributed by atoms with Crippen LogP contribution in [0.5, 0.6) is 0 Å². The lowest BCUT2D eigenvalue weighted by Gasteiger charge is -2.15. The zero-order valence-electron chi connectivity index (χ0n) is 10.8. The fourth-order valence-electron chi connectivity index (χ4n) is 2.58. The van der Waals surface area contributed by atoms with E-state index in [1.807, 2.05) is 23.6 Å². The fraction of sp³-hybridized carbons (Fsp3) is 0.538. The number of likely N-dealkylation sites (tertiary alicyclic amines) is 1. The Bertz CT molecular complexity index is 554. The molecule has 0 unspecified atom stereocenters. The zero-order valence-corrected chi connectivity index (χ0v) is 10.8. The van der Waals surface area contributed by atoms with E-state index in [4.69, 9.17) is 5.73 Å². The van der Waals surface area contributed by atoms with Crippen molar-refractivity contribution in [3.05, 3.63) is 17.8 Å². The van der Waals surface area contributed by atoms with Crippen molar-refractivity contribution in [2.24, 2.45) is 0 Å². The zero-order chi connectivity index (χ0) is 12.5. The molecule has 0 atom stereocenters. The lowest BCUT2D eigenvalue weighted by molar-refractivity contribution is 0.325. The predicted molar refractivity (Wildman–Crippen MR) is 72.4 cm³/mol. The van der Waals surface area contributed by atoms with Crippen molar-refractivity contribution in [2.45, 2.75) is 26.3 Å². The van der Waals surface area contributed by atoms with Crippen LogP contribution in [0.15, 0.2) is 12.1 Å². The smallest absolute Gasteiger partial charge is 0.202 e. The number of nitrogens with two attached hydrogens (primary N) is 1. The average Bonchev–Trinajstić information content (AvgIpc) is 2.94. The van der Waals surface area contributed by atoms with Crippen LogP contribution in [0.1, 0.15) is 18.5 Å². The Balaban J connectivity index is 1.85. The Morgan fingerprint density at radius 3 is 2.72 bits per heavy atom. The van der Waals surface area contributed by atoms with Gasteiger partial charge < -0.3 is 10.6 Å². The lowest BCUT2D eigenvalue weighted by Crippen LogP contribution is -2.24. The van der Waals surface area contributed by atoms with Gasteiger partial charge in [0.2, 0.25) is 5.95 Å². The van der Waals surface area contributed by atoms with Crippen LogP contribution < -0.4 is 5.73 Å². The highest BCUT2D eigenvalue weighted by molar-refractivity contribution is 5.74. The van der Waals surface area contributed by atoms with Gasteiger partial charge in [-0.15, -0.1) is 0 Å². The highest BCUT2D eigenvalue weighted by Crippen LogP contribution is 2.17. The molecule has 96 valence electrons. The molecule has 0 aliphatic carbocycles. The Kier molecular flexibility index (Phi) is 2.91. The molecule has 1 aliphatic rings. The number of hydrogen-bond acceptors (Lipinski definition) is 4. The average molecular weight is 245 g/mol. The van der Waals surface area contributed by atoms with E-state index in [9.17, 15) is 0 Å². The maximum atomic E-state index is 5.98. The molecule has 0 radical (unpaired) electrons. The van der Waals surface area contributed by atoms with Crippen molar-refractivity contribution in [1.29, 1.82) is 0 Å². The molecule has 2 aromatic rings. The third kappa shape index (κ3) is 2.06. The number of aryl methyl sites for hydroxylation is 1. The second-order valence-electron chi connectivity index (χ2n) is 4.97. The number of hydrogen-bond donors (Lipinski definition) is 1. The maximum absolute atomic E-state index is 5.98. The molecule has 3 rings (SSSR count). The Hall–Kier alpha value is -1.62. The third-order valence-corrected chi connectivity index (χ3v) is 3.60. The number of imidazole rings is 1. The first-order chi connectivity index (χ1) is 8.74. The summed E-state index contributed by atoms with van der Waals surface area (Å²) in [6.07, 6.45) is 2.63.